The van der Waals surface area contributed by atoms with Crippen LogP contribution >= 0.6 is 0 Å². The third-order valence-electron chi connectivity index (χ3n) is 5.06. The summed E-state index contributed by atoms with van der Waals surface area (Å²) >= 11 is 0. The molecule has 3 rings (SSSR count). The van der Waals surface area contributed by atoms with Crippen molar-refractivity contribution in [3.8, 4) is 0 Å². The highest BCUT2D eigenvalue weighted by Crippen LogP contribution is 2.22. The molecule has 0 amide bonds. The Bertz CT molecular complexity index is 549. The zero-order valence-corrected chi connectivity index (χ0v) is 15.1. The van der Waals surface area contributed by atoms with Gasteiger partial charge in [0.1, 0.15) is 6.10 Å². The van der Waals surface area contributed by atoms with Crippen LogP contribution in [0.4, 0.5) is 0 Å². The Kier molecular flexibility index (Phi) is 5.73. The first-order chi connectivity index (χ1) is 11.7. The van der Waals surface area contributed by atoms with Crippen molar-refractivity contribution in [3.63, 3.8) is 0 Å². The van der Waals surface area contributed by atoms with E-state index in [0.29, 0.717) is 6.61 Å². The quantitative estimate of drug-likeness (QED) is 0.652. The number of hydrogen-bond donors (Lipinski definition) is 1. The molecule has 0 spiro atoms. The minimum atomic E-state index is 0.0642. The SMILES string of the molecule is CN=C(NCC1CCN(C)CC1)N1CCOC(c2cnn(C)c2)C1. The summed E-state index contributed by atoms with van der Waals surface area (Å²) in [6.07, 6.45) is 6.52. The summed E-state index contributed by atoms with van der Waals surface area (Å²) < 4.78 is 7.75. The van der Waals surface area contributed by atoms with Crippen molar-refractivity contribution in [3.05, 3.63) is 18.0 Å². The predicted molar refractivity (Wildman–Crippen MR) is 95.1 cm³/mol. The van der Waals surface area contributed by atoms with Crippen molar-refractivity contribution in [1.29, 1.82) is 0 Å². The maximum Gasteiger partial charge on any atom is 0.193 e. The van der Waals surface area contributed by atoms with E-state index in [4.69, 9.17) is 4.74 Å². The van der Waals surface area contributed by atoms with E-state index in [1.807, 2.05) is 31.2 Å². The van der Waals surface area contributed by atoms with Crippen LogP contribution in [-0.2, 0) is 11.8 Å². The van der Waals surface area contributed by atoms with E-state index in [9.17, 15) is 0 Å². The lowest BCUT2D eigenvalue weighted by molar-refractivity contribution is -0.00812. The van der Waals surface area contributed by atoms with E-state index in [1.54, 1.807) is 0 Å². The van der Waals surface area contributed by atoms with Gasteiger partial charge >= 0.3 is 0 Å². The molecule has 2 saturated heterocycles. The fourth-order valence-electron chi connectivity index (χ4n) is 3.48. The smallest absolute Gasteiger partial charge is 0.193 e. The van der Waals surface area contributed by atoms with Crippen molar-refractivity contribution in [2.45, 2.75) is 18.9 Å². The summed E-state index contributed by atoms with van der Waals surface area (Å²) in [4.78, 5) is 9.20. The Hall–Kier alpha value is -1.60. The number of guanidine groups is 1. The number of hydrogen-bond acceptors (Lipinski definition) is 4. The van der Waals surface area contributed by atoms with Crippen LogP contribution in [0.25, 0.3) is 0 Å². The van der Waals surface area contributed by atoms with Gasteiger partial charge in [0.15, 0.2) is 5.96 Å². The molecule has 2 aliphatic rings. The summed E-state index contributed by atoms with van der Waals surface area (Å²) in [5, 5.41) is 7.84. The van der Waals surface area contributed by atoms with Crippen LogP contribution in [0, 0.1) is 5.92 Å². The number of aliphatic imine (C=N–C) groups is 1. The number of piperidine rings is 1. The van der Waals surface area contributed by atoms with Gasteiger partial charge in [-0.05, 0) is 38.9 Å². The Morgan fingerprint density at radius 3 is 2.79 bits per heavy atom. The van der Waals surface area contributed by atoms with Gasteiger partial charge in [-0.25, -0.2) is 0 Å². The first-order valence-corrected chi connectivity index (χ1v) is 8.90. The number of ether oxygens (including phenoxy) is 1. The molecule has 0 aromatic carbocycles. The number of aromatic nitrogens is 2. The summed E-state index contributed by atoms with van der Waals surface area (Å²) in [6.45, 7) is 5.82. The van der Waals surface area contributed by atoms with E-state index in [1.165, 1.54) is 25.9 Å². The predicted octanol–water partition coefficient (Wildman–Crippen LogP) is 0.711. The monoisotopic (exact) mass is 334 g/mol. The molecule has 1 N–H and O–H groups in total. The Morgan fingerprint density at radius 2 is 2.12 bits per heavy atom. The van der Waals surface area contributed by atoms with Crippen LogP contribution in [0.15, 0.2) is 17.4 Å². The molecule has 7 nitrogen and oxygen atoms in total. The molecule has 0 radical (unpaired) electrons. The average Bonchev–Trinajstić information content (AvgIpc) is 3.04. The molecule has 2 fully saturated rings. The van der Waals surface area contributed by atoms with Crippen LogP contribution in [0.3, 0.4) is 0 Å². The number of aryl methyl sites for hydroxylation is 1. The molecule has 134 valence electrons. The summed E-state index contributed by atoms with van der Waals surface area (Å²) in [6, 6.07) is 0. The van der Waals surface area contributed by atoms with E-state index in [2.05, 4.69) is 32.3 Å². The fraction of sp³-hybridized carbons (Fsp3) is 0.765. The second kappa shape index (κ2) is 7.98. The molecule has 0 aliphatic carbocycles. The van der Waals surface area contributed by atoms with E-state index in [0.717, 1.165) is 37.1 Å². The molecule has 2 aliphatic heterocycles. The number of morpholine rings is 1. The van der Waals surface area contributed by atoms with Gasteiger partial charge in [0.25, 0.3) is 0 Å². The van der Waals surface area contributed by atoms with Gasteiger partial charge in [-0.2, -0.15) is 5.10 Å². The molecule has 1 aromatic heterocycles. The Morgan fingerprint density at radius 1 is 1.33 bits per heavy atom. The van der Waals surface area contributed by atoms with Gasteiger partial charge in [0.05, 0.1) is 19.3 Å². The first kappa shape index (κ1) is 17.2. The summed E-state index contributed by atoms with van der Waals surface area (Å²) in [5.74, 6) is 1.74. The van der Waals surface area contributed by atoms with E-state index < -0.39 is 0 Å². The summed E-state index contributed by atoms with van der Waals surface area (Å²) in [5.41, 5.74) is 1.13. The van der Waals surface area contributed by atoms with Crippen LogP contribution < -0.4 is 5.32 Å². The van der Waals surface area contributed by atoms with Gasteiger partial charge in [0, 0.05) is 38.9 Å². The van der Waals surface area contributed by atoms with Crippen LogP contribution in [0.1, 0.15) is 24.5 Å². The molecule has 1 atom stereocenters. The van der Waals surface area contributed by atoms with Crippen molar-refractivity contribution in [1.82, 2.24) is 24.9 Å². The molecule has 1 unspecified atom stereocenters. The molecular formula is C17H30N6O. The minimum Gasteiger partial charge on any atom is -0.370 e. The molecule has 7 heteroatoms. The molecule has 0 saturated carbocycles. The highest BCUT2D eigenvalue weighted by atomic mass is 16.5. The van der Waals surface area contributed by atoms with Crippen LogP contribution in [-0.4, -0.2) is 79.0 Å². The fourth-order valence-corrected chi connectivity index (χ4v) is 3.48. The molecule has 3 heterocycles. The number of nitrogens with one attached hydrogen (secondary N) is 1. The number of likely N-dealkylation sites (tertiary alicyclic amines) is 1. The van der Waals surface area contributed by atoms with E-state index >= 15 is 0 Å². The number of nitrogens with zero attached hydrogens (tertiary/aromatic N) is 5. The lowest BCUT2D eigenvalue weighted by atomic mass is 9.97. The highest BCUT2D eigenvalue weighted by Gasteiger charge is 2.25. The van der Waals surface area contributed by atoms with Gasteiger partial charge in [-0.1, -0.05) is 0 Å². The van der Waals surface area contributed by atoms with Gasteiger partial charge in [-0.3, -0.25) is 9.67 Å². The molecule has 24 heavy (non-hydrogen) atoms. The Balaban J connectivity index is 1.53. The van der Waals surface area contributed by atoms with Gasteiger partial charge in [0.2, 0.25) is 0 Å². The normalized spacial score (nSPS) is 24.4. The van der Waals surface area contributed by atoms with Crippen molar-refractivity contribution in [2.24, 2.45) is 18.0 Å². The maximum absolute atomic E-state index is 5.93. The largest absolute Gasteiger partial charge is 0.370 e. The first-order valence-electron chi connectivity index (χ1n) is 8.90. The van der Waals surface area contributed by atoms with Crippen molar-refractivity contribution in [2.75, 3.05) is 53.4 Å². The average molecular weight is 334 g/mol. The Labute approximate surface area is 144 Å². The van der Waals surface area contributed by atoms with Crippen molar-refractivity contribution < 1.29 is 4.74 Å². The second-order valence-electron chi connectivity index (χ2n) is 6.93. The van der Waals surface area contributed by atoms with Gasteiger partial charge in [-0.15, -0.1) is 0 Å². The van der Waals surface area contributed by atoms with Gasteiger partial charge < -0.3 is 19.9 Å². The topological polar surface area (TPSA) is 57.9 Å². The van der Waals surface area contributed by atoms with Crippen molar-refractivity contribution >= 4 is 5.96 Å². The van der Waals surface area contributed by atoms with E-state index in [-0.39, 0.29) is 6.10 Å². The van der Waals surface area contributed by atoms with Crippen LogP contribution in [0.5, 0.6) is 0 Å². The zero-order valence-electron chi connectivity index (χ0n) is 15.1. The standard InChI is InChI=1S/C17H30N6O/c1-18-17(19-10-14-4-6-21(2)7-5-14)23-8-9-24-16(13-23)15-11-20-22(3)12-15/h11-12,14,16H,4-10,13H2,1-3H3,(H,18,19). The molecule has 0 bridgehead atoms. The molecule has 1 aromatic rings. The number of rotatable bonds is 3. The third-order valence-corrected chi connectivity index (χ3v) is 5.06. The lowest BCUT2D eigenvalue weighted by Crippen LogP contribution is -2.49. The maximum atomic E-state index is 5.93. The lowest BCUT2D eigenvalue weighted by Gasteiger charge is -2.36. The zero-order chi connectivity index (χ0) is 16.9. The molecular weight excluding hydrogens is 304 g/mol. The summed E-state index contributed by atoms with van der Waals surface area (Å²) in [7, 11) is 6.01. The second-order valence-corrected chi connectivity index (χ2v) is 6.93. The third kappa shape index (κ3) is 4.27. The van der Waals surface area contributed by atoms with Crippen LogP contribution in [0.2, 0.25) is 0 Å². The minimum absolute atomic E-state index is 0.0642. The highest BCUT2D eigenvalue weighted by molar-refractivity contribution is 5.80.